The Bertz CT molecular complexity index is 520. The normalized spacial score (nSPS) is 26.3. The molecule has 100 valence electrons. The molecule has 0 aliphatic carbocycles. The number of rotatable bonds is 2. The molecule has 0 spiro atoms. The van der Waals surface area contributed by atoms with Gasteiger partial charge in [-0.05, 0) is 29.9 Å². The molecule has 1 N–H and O–H groups in total. The van der Waals surface area contributed by atoms with Gasteiger partial charge in [-0.1, -0.05) is 12.1 Å². The lowest BCUT2D eigenvalue weighted by Crippen LogP contribution is -2.59. The first-order valence-electron chi connectivity index (χ1n) is 6.13. The van der Waals surface area contributed by atoms with Crippen molar-refractivity contribution in [3.8, 4) is 0 Å². The average molecular weight is 280 g/mol. The largest absolute Gasteiger partial charge is 0.333 e. The minimum atomic E-state index is -0.349. The van der Waals surface area contributed by atoms with E-state index in [0.717, 1.165) is 17.7 Å². The highest BCUT2D eigenvalue weighted by Crippen LogP contribution is 2.31. The van der Waals surface area contributed by atoms with Crippen molar-refractivity contribution in [1.29, 1.82) is 0 Å². The zero-order chi connectivity index (χ0) is 13.4. The predicted molar refractivity (Wildman–Crippen MR) is 70.1 cm³/mol. The summed E-state index contributed by atoms with van der Waals surface area (Å²) >= 11 is 1.59. The summed E-state index contributed by atoms with van der Waals surface area (Å²) in [7, 11) is 0. The Labute approximate surface area is 114 Å². The molecule has 2 unspecified atom stereocenters. The van der Waals surface area contributed by atoms with Crippen LogP contribution < -0.4 is 5.32 Å². The highest BCUT2D eigenvalue weighted by molar-refractivity contribution is 8.00. The molecule has 6 heteroatoms. The maximum Gasteiger partial charge on any atom is 0.324 e. The first-order chi connectivity index (χ1) is 9.15. The fourth-order valence-electron chi connectivity index (χ4n) is 2.39. The SMILES string of the molecule is O=C1NC2CCSC2C(=O)N1Cc1ccc(F)cc1. The molecule has 2 heterocycles. The Morgan fingerprint density at radius 2 is 2.05 bits per heavy atom. The van der Waals surface area contributed by atoms with E-state index in [2.05, 4.69) is 5.32 Å². The highest BCUT2D eigenvalue weighted by Gasteiger charge is 2.43. The third kappa shape index (κ3) is 2.32. The van der Waals surface area contributed by atoms with E-state index < -0.39 is 0 Å². The van der Waals surface area contributed by atoms with Crippen LogP contribution in [0.15, 0.2) is 24.3 Å². The van der Waals surface area contributed by atoms with Crippen molar-refractivity contribution in [2.24, 2.45) is 0 Å². The molecule has 0 saturated carbocycles. The second-order valence-electron chi connectivity index (χ2n) is 4.69. The summed E-state index contributed by atoms with van der Waals surface area (Å²) in [6, 6.07) is 5.45. The molecule has 2 atom stereocenters. The number of benzene rings is 1. The number of fused-ring (bicyclic) bond motifs is 1. The average Bonchev–Trinajstić information content (AvgIpc) is 2.85. The van der Waals surface area contributed by atoms with Gasteiger partial charge < -0.3 is 5.32 Å². The lowest BCUT2D eigenvalue weighted by molar-refractivity contribution is -0.129. The highest BCUT2D eigenvalue weighted by atomic mass is 32.2. The van der Waals surface area contributed by atoms with Gasteiger partial charge in [0.1, 0.15) is 11.1 Å². The second kappa shape index (κ2) is 4.85. The van der Waals surface area contributed by atoms with Gasteiger partial charge in [0.2, 0.25) is 5.91 Å². The first kappa shape index (κ1) is 12.5. The van der Waals surface area contributed by atoms with Crippen LogP contribution in [0.2, 0.25) is 0 Å². The Kier molecular flexibility index (Phi) is 3.18. The Morgan fingerprint density at radius 1 is 1.32 bits per heavy atom. The van der Waals surface area contributed by atoms with Gasteiger partial charge in [-0.2, -0.15) is 0 Å². The van der Waals surface area contributed by atoms with Crippen molar-refractivity contribution in [2.45, 2.75) is 24.3 Å². The van der Waals surface area contributed by atoms with Crippen molar-refractivity contribution in [1.82, 2.24) is 10.2 Å². The van der Waals surface area contributed by atoms with Crippen LogP contribution in [-0.4, -0.2) is 33.9 Å². The topological polar surface area (TPSA) is 49.4 Å². The minimum Gasteiger partial charge on any atom is -0.333 e. The molecule has 2 aliphatic rings. The molecule has 2 saturated heterocycles. The van der Waals surface area contributed by atoms with Crippen molar-refractivity contribution in [3.05, 3.63) is 35.6 Å². The van der Waals surface area contributed by atoms with Crippen LogP contribution in [0.3, 0.4) is 0 Å². The zero-order valence-electron chi connectivity index (χ0n) is 10.1. The zero-order valence-corrected chi connectivity index (χ0v) is 11.0. The van der Waals surface area contributed by atoms with Crippen LogP contribution in [0.4, 0.5) is 9.18 Å². The smallest absolute Gasteiger partial charge is 0.324 e. The lowest BCUT2D eigenvalue weighted by atomic mass is 10.1. The number of thioether (sulfide) groups is 1. The van der Waals surface area contributed by atoms with Gasteiger partial charge in [-0.15, -0.1) is 11.8 Å². The maximum absolute atomic E-state index is 12.8. The number of carbonyl (C=O) groups excluding carboxylic acids is 2. The number of hydrogen-bond acceptors (Lipinski definition) is 3. The number of nitrogens with one attached hydrogen (secondary N) is 1. The van der Waals surface area contributed by atoms with E-state index in [4.69, 9.17) is 0 Å². The van der Waals surface area contributed by atoms with Gasteiger partial charge in [-0.25, -0.2) is 9.18 Å². The molecule has 3 rings (SSSR count). The molecule has 0 aromatic heterocycles. The van der Waals surface area contributed by atoms with E-state index in [1.165, 1.54) is 17.0 Å². The minimum absolute atomic E-state index is 0.0329. The van der Waals surface area contributed by atoms with Gasteiger partial charge in [-0.3, -0.25) is 9.69 Å². The maximum atomic E-state index is 12.8. The molecule has 2 fully saturated rings. The van der Waals surface area contributed by atoms with Crippen molar-refractivity contribution >= 4 is 23.7 Å². The van der Waals surface area contributed by atoms with Gasteiger partial charge in [0.05, 0.1) is 12.6 Å². The van der Waals surface area contributed by atoms with Crippen LogP contribution in [0.5, 0.6) is 0 Å². The molecule has 0 bridgehead atoms. The number of amides is 3. The third-order valence-electron chi connectivity index (χ3n) is 3.41. The van der Waals surface area contributed by atoms with E-state index in [0.29, 0.717) is 0 Å². The predicted octanol–water partition coefficient (Wildman–Crippen LogP) is 1.75. The van der Waals surface area contributed by atoms with Crippen LogP contribution in [0, 0.1) is 5.82 Å². The molecule has 1 aromatic carbocycles. The summed E-state index contributed by atoms with van der Waals surface area (Å²) < 4.78 is 12.8. The number of nitrogens with zero attached hydrogens (tertiary/aromatic N) is 1. The number of urea groups is 1. The van der Waals surface area contributed by atoms with E-state index in [1.54, 1.807) is 23.9 Å². The van der Waals surface area contributed by atoms with Gasteiger partial charge >= 0.3 is 6.03 Å². The summed E-state index contributed by atoms with van der Waals surface area (Å²) in [4.78, 5) is 25.4. The van der Waals surface area contributed by atoms with Crippen molar-refractivity contribution in [3.63, 3.8) is 0 Å². The fourth-order valence-corrected chi connectivity index (χ4v) is 3.74. The van der Waals surface area contributed by atoms with Crippen LogP contribution in [0.1, 0.15) is 12.0 Å². The first-order valence-corrected chi connectivity index (χ1v) is 7.18. The molecule has 4 nitrogen and oxygen atoms in total. The molecule has 2 aliphatic heterocycles. The van der Waals surface area contributed by atoms with Crippen molar-refractivity contribution in [2.75, 3.05) is 5.75 Å². The monoisotopic (exact) mass is 280 g/mol. The Hall–Kier alpha value is -1.56. The summed E-state index contributed by atoms with van der Waals surface area (Å²) in [6.45, 7) is 0.189. The van der Waals surface area contributed by atoms with Crippen LogP contribution >= 0.6 is 11.8 Å². The number of imide groups is 1. The fraction of sp³-hybridized carbons (Fsp3) is 0.385. The van der Waals surface area contributed by atoms with Crippen LogP contribution in [-0.2, 0) is 11.3 Å². The lowest BCUT2D eigenvalue weighted by Gasteiger charge is -2.33. The van der Waals surface area contributed by atoms with E-state index in [1.807, 2.05) is 0 Å². The van der Waals surface area contributed by atoms with Gasteiger partial charge in [0.15, 0.2) is 0 Å². The summed E-state index contributed by atoms with van der Waals surface area (Å²) in [5, 5.41) is 2.69. The molecule has 0 radical (unpaired) electrons. The van der Waals surface area contributed by atoms with Crippen molar-refractivity contribution < 1.29 is 14.0 Å². The van der Waals surface area contributed by atoms with E-state index >= 15 is 0 Å². The Morgan fingerprint density at radius 3 is 2.79 bits per heavy atom. The molecular formula is C13H13FN2O2S. The number of halogens is 1. The third-order valence-corrected chi connectivity index (χ3v) is 4.77. The number of carbonyl (C=O) groups is 2. The van der Waals surface area contributed by atoms with Gasteiger partial charge in [0, 0.05) is 0 Å². The summed E-state index contributed by atoms with van der Waals surface area (Å²) in [6.07, 6.45) is 0.844. The Balaban J connectivity index is 1.78. The van der Waals surface area contributed by atoms with Gasteiger partial charge in [0.25, 0.3) is 0 Å². The number of hydrogen-bond donors (Lipinski definition) is 1. The second-order valence-corrected chi connectivity index (χ2v) is 5.94. The van der Waals surface area contributed by atoms with E-state index in [-0.39, 0.29) is 35.6 Å². The van der Waals surface area contributed by atoms with Crippen LogP contribution in [0.25, 0.3) is 0 Å². The molecule has 19 heavy (non-hydrogen) atoms. The standard InChI is InChI=1S/C13H13FN2O2S/c14-9-3-1-8(2-4-9)7-16-12(17)11-10(5-6-19-11)15-13(16)18/h1-4,10-11H,5-7H2,(H,15,18). The molecule has 3 amide bonds. The molecule has 1 aromatic rings. The molecular weight excluding hydrogens is 267 g/mol. The summed E-state index contributed by atoms with van der Waals surface area (Å²) in [5.74, 6) is 0.427. The quantitative estimate of drug-likeness (QED) is 0.898. The summed E-state index contributed by atoms with van der Waals surface area (Å²) in [5.41, 5.74) is 0.742. The van der Waals surface area contributed by atoms with E-state index in [9.17, 15) is 14.0 Å².